The first-order valence-electron chi connectivity index (χ1n) is 7.30. The summed E-state index contributed by atoms with van der Waals surface area (Å²) < 4.78 is 13.5. The van der Waals surface area contributed by atoms with Crippen molar-refractivity contribution in [1.82, 2.24) is 4.90 Å². The third-order valence-electron chi connectivity index (χ3n) is 4.16. The number of benzene rings is 1. The van der Waals surface area contributed by atoms with Crippen LogP contribution in [0.2, 0.25) is 0 Å². The highest BCUT2D eigenvalue weighted by Crippen LogP contribution is 2.24. The molecular weight excluding hydrogens is 267 g/mol. The molecule has 1 aromatic carbocycles. The van der Waals surface area contributed by atoms with E-state index in [0.717, 1.165) is 6.42 Å². The normalized spacial score (nSPS) is 21.6. The molecule has 4 heteroatoms. The first-order valence-corrected chi connectivity index (χ1v) is 7.30. The smallest absolute Gasteiger partial charge is 0.255 e. The fraction of sp³-hybridized carbons (Fsp3) is 0.471. The highest BCUT2D eigenvalue weighted by Gasteiger charge is 2.27. The summed E-state index contributed by atoms with van der Waals surface area (Å²) in [5, 5.41) is 0. The number of halogens is 1. The monoisotopic (exact) mass is 288 g/mol. The van der Waals surface area contributed by atoms with Gasteiger partial charge >= 0.3 is 0 Å². The molecule has 0 bridgehead atoms. The number of hydrogen-bond acceptors (Lipinski definition) is 2. The average Bonchev–Trinajstić information content (AvgIpc) is 2.48. The van der Waals surface area contributed by atoms with Gasteiger partial charge in [0.25, 0.3) is 5.91 Å². The van der Waals surface area contributed by atoms with Crippen molar-refractivity contribution in [2.24, 2.45) is 17.6 Å². The highest BCUT2D eigenvalue weighted by molar-refractivity contribution is 5.96. The molecule has 1 saturated heterocycles. The topological polar surface area (TPSA) is 46.3 Å². The Morgan fingerprint density at radius 3 is 2.86 bits per heavy atom. The Morgan fingerprint density at radius 1 is 1.43 bits per heavy atom. The second kappa shape index (κ2) is 6.73. The van der Waals surface area contributed by atoms with E-state index in [4.69, 9.17) is 5.73 Å². The van der Waals surface area contributed by atoms with Gasteiger partial charge in [-0.1, -0.05) is 25.7 Å². The minimum Gasteiger partial charge on any atom is -0.338 e. The van der Waals surface area contributed by atoms with Crippen molar-refractivity contribution < 1.29 is 9.18 Å². The molecule has 0 aromatic heterocycles. The van der Waals surface area contributed by atoms with Gasteiger partial charge in [-0.05, 0) is 36.5 Å². The van der Waals surface area contributed by atoms with E-state index in [9.17, 15) is 9.18 Å². The summed E-state index contributed by atoms with van der Waals surface area (Å²) >= 11 is 0. The second-order valence-electron chi connectivity index (χ2n) is 5.69. The molecule has 112 valence electrons. The minimum atomic E-state index is -0.421. The van der Waals surface area contributed by atoms with Crippen LogP contribution < -0.4 is 5.73 Å². The number of piperidine rings is 1. The van der Waals surface area contributed by atoms with Gasteiger partial charge in [0.1, 0.15) is 5.82 Å². The Morgan fingerprint density at radius 2 is 2.19 bits per heavy atom. The lowest BCUT2D eigenvalue weighted by Gasteiger charge is -2.35. The van der Waals surface area contributed by atoms with E-state index in [1.165, 1.54) is 12.1 Å². The average molecular weight is 288 g/mol. The molecule has 1 aliphatic rings. The lowest BCUT2D eigenvalue weighted by molar-refractivity contribution is 0.0626. The molecule has 2 rings (SSSR count). The van der Waals surface area contributed by atoms with E-state index >= 15 is 0 Å². The summed E-state index contributed by atoms with van der Waals surface area (Å²) in [5.41, 5.74) is 6.24. The molecule has 1 aromatic rings. The quantitative estimate of drug-likeness (QED) is 0.806. The molecule has 3 nitrogen and oxygen atoms in total. The predicted octanol–water partition coefficient (Wildman–Crippen LogP) is 2.25. The van der Waals surface area contributed by atoms with Crippen LogP contribution in [0, 0.1) is 29.5 Å². The molecule has 0 saturated carbocycles. The van der Waals surface area contributed by atoms with Gasteiger partial charge in [0.15, 0.2) is 0 Å². The molecule has 0 aliphatic carbocycles. The lowest BCUT2D eigenvalue weighted by atomic mass is 9.88. The maximum absolute atomic E-state index is 13.5. The molecule has 2 unspecified atom stereocenters. The second-order valence-corrected chi connectivity index (χ2v) is 5.69. The zero-order valence-corrected chi connectivity index (χ0v) is 12.5. The van der Waals surface area contributed by atoms with Crippen molar-refractivity contribution in [3.05, 3.63) is 35.1 Å². The molecule has 2 N–H and O–H groups in total. The maximum Gasteiger partial charge on any atom is 0.255 e. The zero-order valence-electron chi connectivity index (χ0n) is 12.5. The Labute approximate surface area is 125 Å². The van der Waals surface area contributed by atoms with Crippen LogP contribution in [-0.4, -0.2) is 30.4 Å². The van der Waals surface area contributed by atoms with Gasteiger partial charge in [0.05, 0.1) is 12.1 Å². The van der Waals surface area contributed by atoms with Crippen LogP contribution in [0.25, 0.3) is 0 Å². The van der Waals surface area contributed by atoms with Crippen molar-refractivity contribution >= 4 is 5.91 Å². The van der Waals surface area contributed by atoms with E-state index in [0.29, 0.717) is 36.1 Å². The molecule has 21 heavy (non-hydrogen) atoms. The van der Waals surface area contributed by atoms with E-state index in [-0.39, 0.29) is 12.5 Å². The summed E-state index contributed by atoms with van der Waals surface area (Å²) in [6, 6.07) is 4.13. The highest BCUT2D eigenvalue weighted by atomic mass is 19.1. The lowest BCUT2D eigenvalue weighted by Crippen LogP contribution is -2.42. The number of likely N-dealkylation sites (tertiary alicyclic amines) is 1. The molecular formula is C17H21FN2O. The summed E-state index contributed by atoms with van der Waals surface area (Å²) in [6.45, 7) is 5.98. The molecule has 1 fully saturated rings. The van der Waals surface area contributed by atoms with Gasteiger partial charge < -0.3 is 10.6 Å². The summed E-state index contributed by atoms with van der Waals surface area (Å²) in [5.74, 6) is 6.07. The van der Waals surface area contributed by atoms with Crippen molar-refractivity contribution in [3.8, 4) is 11.8 Å². The van der Waals surface area contributed by atoms with Crippen LogP contribution in [0.3, 0.4) is 0 Å². The van der Waals surface area contributed by atoms with Gasteiger partial charge in [-0.25, -0.2) is 4.39 Å². The third-order valence-corrected chi connectivity index (χ3v) is 4.16. The largest absolute Gasteiger partial charge is 0.338 e. The molecule has 1 amide bonds. The van der Waals surface area contributed by atoms with Gasteiger partial charge in [0.2, 0.25) is 0 Å². The van der Waals surface area contributed by atoms with Crippen molar-refractivity contribution in [3.63, 3.8) is 0 Å². The van der Waals surface area contributed by atoms with Crippen LogP contribution in [0.5, 0.6) is 0 Å². The zero-order chi connectivity index (χ0) is 15.4. The van der Waals surface area contributed by atoms with Crippen LogP contribution >= 0.6 is 0 Å². The van der Waals surface area contributed by atoms with Crippen molar-refractivity contribution in [1.29, 1.82) is 0 Å². The fourth-order valence-electron chi connectivity index (χ4n) is 2.57. The summed E-state index contributed by atoms with van der Waals surface area (Å²) in [4.78, 5) is 14.4. The number of carbonyl (C=O) groups is 1. The van der Waals surface area contributed by atoms with E-state index < -0.39 is 5.82 Å². The van der Waals surface area contributed by atoms with Gasteiger partial charge in [-0.15, -0.1) is 0 Å². The third kappa shape index (κ3) is 3.62. The van der Waals surface area contributed by atoms with Crippen LogP contribution in [0.1, 0.15) is 36.2 Å². The van der Waals surface area contributed by atoms with Crippen molar-refractivity contribution in [2.45, 2.75) is 20.3 Å². The van der Waals surface area contributed by atoms with Gasteiger partial charge in [-0.2, -0.15) is 0 Å². The molecule has 1 heterocycles. The first kappa shape index (κ1) is 15.5. The van der Waals surface area contributed by atoms with Crippen molar-refractivity contribution in [2.75, 3.05) is 19.6 Å². The molecule has 1 aliphatic heterocycles. The van der Waals surface area contributed by atoms with E-state index in [2.05, 4.69) is 25.7 Å². The van der Waals surface area contributed by atoms with Crippen LogP contribution in [-0.2, 0) is 0 Å². The van der Waals surface area contributed by atoms with Gasteiger partial charge in [0, 0.05) is 18.7 Å². The number of rotatable bonds is 1. The van der Waals surface area contributed by atoms with Crippen LogP contribution in [0.15, 0.2) is 18.2 Å². The number of nitrogens with two attached hydrogens (primary N) is 1. The maximum atomic E-state index is 13.5. The van der Waals surface area contributed by atoms with Gasteiger partial charge in [-0.3, -0.25) is 4.79 Å². The number of hydrogen-bond donors (Lipinski definition) is 1. The Bertz CT molecular complexity index is 588. The Balaban J connectivity index is 2.28. The first-order chi connectivity index (χ1) is 10.0. The standard InChI is InChI=1S/C17H21FN2O/c1-12-7-9-20(11-13(12)2)17(21)16-10-15(18)6-5-14(16)4-3-8-19/h5-6,10,12-13H,7-9,11,19H2,1-2H3. The molecule has 2 atom stereocenters. The summed E-state index contributed by atoms with van der Waals surface area (Å²) in [6.07, 6.45) is 0.978. The summed E-state index contributed by atoms with van der Waals surface area (Å²) in [7, 11) is 0. The van der Waals surface area contributed by atoms with E-state index in [1.807, 2.05) is 0 Å². The van der Waals surface area contributed by atoms with Crippen LogP contribution in [0.4, 0.5) is 4.39 Å². The number of amides is 1. The van der Waals surface area contributed by atoms with E-state index in [1.54, 1.807) is 11.0 Å². The Hall–Kier alpha value is -1.86. The SMILES string of the molecule is CC1CCN(C(=O)c2cc(F)ccc2C#CCN)CC1C. The minimum absolute atomic E-state index is 0.144. The number of carbonyl (C=O) groups excluding carboxylic acids is 1. The molecule has 0 spiro atoms. The Kier molecular flexibility index (Phi) is 4.98. The fourth-order valence-corrected chi connectivity index (χ4v) is 2.57. The molecule has 0 radical (unpaired) electrons. The predicted molar refractivity (Wildman–Crippen MR) is 81.2 cm³/mol. The number of nitrogens with zero attached hydrogens (tertiary/aromatic N) is 1.